The Balaban J connectivity index is 1.25. The average molecular weight is 492 g/mol. The van der Waals surface area contributed by atoms with Gasteiger partial charge in [-0.05, 0) is 70.4 Å². The van der Waals surface area contributed by atoms with Crippen molar-refractivity contribution in [2.75, 3.05) is 13.1 Å². The first-order valence-electron chi connectivity index (χ1n) is 11.8. The molecule has 1 unspecified atom stereocenters. The van der Waals surface area contributed by atoms with E-state index in [1.54, 1.807) is 0 Å². The first kappa shape index (κ1) is 23.0. The van der Waals surface area contributed by atoms with Gasteiger partial charge in [0.05, 0.1) is 10.0 Å². The van der Waals surface area contributed by atoms with Gasteiger partial charge in [-0.1, -0.05) is 34.4 Å². The summed E-state index contributed by atoms with van der Waals surface area (Å²) in [5.74, 6) is 2.42. The molecular formula is C25H31Cl2N3O3. The monoisotopic (exact) mass is 491 g/mol. The van der Waals surface area contributed by atoms with Crippen molar-refractivity contribution in [1.29, 1.82) is 0 Å². The molecule has 33 heavy (non-hydrogen) atoms. The van der Waals surface area contributed by atoms with E-state index in [-0.39, 0.29) is 6.09 Å². The average Bonchev–Trinajstić information content (AvgIpc) is 3.18. The Morgan fingerprint density at radius 1 is 1.18 bits per heavy atom. The van der Waals surface area contributed by atoms with E-state index in [9.17, 15) is 4.79 Å². The SMILES string of the molecule is CC(C)(C)OC(=O)N1C[C@H]2CC(NCc3c(-c4c(Cl)cccc4Cl)noc3C3CC3)C[C@H]2C1. The molecule has 1 amide bonds. The van der Waals surface area contributed by atoms with E-state index in [4.69, 9.17) is 32.5 Å². The van der Waals surface area contributed by atoms with Crippen LogP contribution in [-0.2, 0) is 11.3 Å². The van der Waals surface area contributed by atoms with Gasteiger partial charge in [0.2, 0.25) is 0 Å². The maximum Gasteiger partial charge on any atom is 0.410 e. The van der Waals surface area contributed by atoms with Gasteiger partial charge in [0, 0.05) is 42.7 Å². The third-order valence-electron chi connectivity index (χ3n) is 6.94. The smallest absolute Gasteiger partial charge is 0.410 e. The van der Waals surface area contributed by atoms with Crippen LogP contribution in [0.2, 0.25) is 10.0 Å². The van der Waals surface area contributed by atoms with E-state index < -0.39 is 5.60 Å². The Hall–Kier alpha value is -1.76. The second-order valence-corrected chi connectivity index (χ2v) is 11.5. The number of halogens is 2. The number of nitrogens with one attached hydrogen (secondary N) is 1. The summed E-state index contributed by atoms with van der Waals surface area (Å²) in [6.45, 7) is 7.95. The summed E-state index contributed by atoms with van der Waals surface area (Å²) in [7, 11) is 0. The van der Waals surface area contributed by atoms with Crippen LogP contribution >= 0.6 is 23.2 Å². The minimum absolute atomic E-state index is 0.193. The van der Waals surface area contributed by atoms with Gasteiger partial charge < -0.3 is 19.5 Å². The fraction of sp³-hybridized carbons (Fsp3) is 0.600. The van der Waals surface area contributed by atoms with Crippen LogP contribution in [0.25, 0.3) is 11.3 Å². The fourth-order valence-electron chi connectivity index (χ4n) is 5.27. The molecule has 2 saturated carbocycles. The largest absolute Gasteiger partial charge is 0.444 e. The molecular weight excluding hydrogens is 461 g/mol. The van der Waals surface area contributed by atoms with Crippen LogP contribution in [-0.4, -0.2) is 40.9 Å². The molecule has 1 aromatic heterocycles. The van der Waals surface area contributed by atoms with Crippen LogP contribution in [0.1, 0.15) is 63.7 Å². The molecule has 2 aromatic rings. The van der Waals surface area contributed by atoms with Gasteiger partial charge >= 0.3 is 6.09 Å². The second kappa shape index (κ2) is 8.79. The van der Waals surface area contributed by atoms with Crippen molar-refractivity contribution in [1.82, 2.24) is 15.4 Å². The van der Waals surface area contributed by atoms with Crippen LogP contribution in [0, 0.1) is 11.8 Å². The second-order valence-electron chi connectivity index (χ2n) is 10.7. The summed E-state index contributed by atoms with van der Waals surface area (Å²) in [6.07, 6.45) is 4.17. The van der Waals surface area contributed by atoms with Crippen molar-refractivity contribution < 1.29 is 14.1 Å². The molecule has 3 aliphatic rings. The highest BCUT2D eigenvalue weighted by Crippen LogP contribution is 2.46. The number of ether oxygens (including phenoxy) is 1. The predicted octanol–water partition coefficient (Wildman–Crippen LogP) is 6.26. The number of benzene rings is 1. The minimum Gasteiger partial charge on any atom is -0.444 e. The van der Waals surface area contributed by atoms with Crippen LogP contribution in [0.5, 0.6) is 0 Å². The highest BCUT2D eigenvalue weighted by molar-refractivity contribution is 6.39. The highest BCUT2D eigenvalue weighted by atomic mass is 35.5. The molecule has 178 valence electrons. The summed E-state index contributed by atoms with van der Waals surface area (Å²) in [6, 6.07) is 5.91. The lowest BCUT2D eigenvalue weighted by molar-refractivity contribution is 0.0279. The lowest BCUT2D eigenvalue weighted by atomic mass is 10.0. The molecule has 1 aliphatic heterocycles. The van der Waals surface area contributed by atoms with E-state index in [0.717, 1.165) is 61.4 Å². The molecule has 5 rings (SSSR count). The Kier molecular flexibility index (Phi) is 6.13. The molecule has 2 heterocycles. The van der Waals surface area contributed by atoms with Gasteiger partial charge in [-0.15, -0.1) is 0 Å². The maximum absolute atomic E-state index is 12.4. The van der Waals surface area contributed by atoms with Crippen molar-refractivity contribution in [2.45, 2.75) is 70.6 Å². The van der Waals surface area contributed by atoms with E-state index in [2.05, 4.69) is 10.5 Å². The van der Waals surface area contributed by atoms with Gasteiger partial charge in [-0.2, -0.15) is 0 Å². The molecule has 1 saturated heterocycles. The summed E-state index contributed by atoms with van der Waals surface area (Å²) < 4.78 is 11.3. The maximum atomic E-state index is 12.4. The van der Waals surface area contributed by atoms with Crippen LogP contribution in [0.15, 0.2) is 22.7 Å². The predicted molar refractivity (Wildman–Crippen MR) is 129 cm³/mol. The van der Waals surface area contributed by atoms with Gasteiger partial charge in [0.1, 0.15) is 17.1 Å². The summed E-state index contributed by atoms with van der Waals surface area (Å²) >= 11 is 13.0. The Morgan fingerprint density at radius 2 is 1.82 bits per heavy atom. The number of nitrogens with zero attached hydrogens (tertiary/aromatic N) is 2. The molecule has 3 atom stereocenters. The van der Waals surface area contributed by atoms with Crippen LogP contribution in [0.3, 0.4) is 0 Å². The van der Waals surface area contributed by atoms with Crippen molar-refractivity contribution in [3.05, 3.63) is 39.6 Å². The number of aromatic nitrogens is 1. The topological polar surface area (TPSA) is 67.6 Å². The molecule has 0 radical (unpaired) electrons. The number of fused-ring (bicyclic) bond motifs is 1. The number of likely N-dealkylation sites (tertiary alicyclic amines) is 1. The molecule has 2 aliphatic carbocycles. The number of carbonyl (C=O) groups is 1. The molecule has 1 aromatic carbocycles. The lowest BCUT2D eigenvalue weighted by Crippen LogP contribution is -2.37. The lowest BCUT2D eigenvalue weighted by Gasteiger charge is -2.25. The van der Waals surface area contributed by atoms with Gasteiger partial charge in [-0.3, -0.25) is 0 Å². The third-order valence-corrected chi connectivity index (χ3v) is 7.57. The molecule has 6 nitrogen and oxygen atoms in total. The summed E-state index contributed by atoms with van der Waals surface area (Å²) in [5.41, 5.74) is 2.10. The molecule has 8 heteroatoms. The van der Waals surface area contributed by atoms with Crippen LogP contribution < -0.4 is 5.32 Å². The molecule has 0 bridgehead atoms. The number of hydrogen-bond acceptors (Lipinski definition) is 5. The van der Waals surface area contributed by atoms with Crippen molar-refractivity contribution in [3.8, 4) is 11.3 Å². The molecule has 0 spiro atoms. The van der Waals surface area contributed by atoms with Crippen LogP contribution in [0.4, 0.5) is 4.79 Å². The molecule has 1 N–H and O–H groups in total. The summed E-state index contributed by atoms with van der Waals surface area (Å²) in [5, 5.41) is 9.30. The first-order chi connectivity index (χ1) is 15.7. The van der Waals surface area contributed by atoms with Crippen molar-refractivity contribution in [3.63, 3.8) is 0 Å². The minimum atomic E-state index is -0.459. The Labute approximate surface area is 204 Å². The van der Waals surface area contributed by atoms with E-state index in [1.165, 1.54) is 0 Å². The van der Waals surface area contributed by atoms with E-state index in [0.29, 0.717) is 40.4 Å². The number of carbonyl (C=O) groups excluding carboxylic acids is 1. The van der Waals surface area contributed by atoms with Gasteiger partial charge in [0.15, 0.2) is 0 Å². The fourth-order valence-corrected chi connectivity index (χ4v) is 5.84. The quantitative estimate of drug-likeness (QED) is 0.534. The number of rotatable bonds is 5. The Morgan fingerprint density at radius 3 is 2.39 bits per heavy atom. The first-order valence-corrected chi connectivity index (χ1v) is 12.6. The van der Waals surface area contributed by atoms with E-state index >= 15 is 0 Å². The van der Waals surface area contributed by atoms with Gasteiger partial charge in [-0.25, -0.2) is 4.79 Å². The van der Waals surface area contributed by atoms with Crippen molar-refractivity contribution in [2.24, 2.45) is 11.8 Å². The zero-order valence-corrected chi connectivity index (χ0v) is 20.9. The molecule has 3 fully saturated rings. The van der Waals surface area contributed by atoms with Crippen molar-refractivity contribution >= 4 is 29.3 Å². The summed E-state index contributed by atoms with van der Waals surface area (Å²) in [4.78, 5) is 14.3. The highest BCUT2D eigenvalue weighted by Gasteiger charge is 2.43. The Bertz CT molecular complexity index is 1010. The zero-order chi connectivity index (χ0) is 23.3. The number of amides is 1. The standard InChI is InChI=1S/C25H31Cl2N3O3/c1-25(2,3)32-24(31)30-12-15-9-17(10-16(15)13-30)28-11-18-22(29-33-23(18)14-7-8-14)21-19(26)5-4-6-20(21)27/h4-6,14-17,28H,7-13H2,1-3H3/t15-,16+,17?. The van der Waals surface area contributed by atoms with E-state index in [1.807, 2.05) is 43.9 Å². The normalized spacial score (nSPS) is 24.9. The number of hydrogen-bond donors (Lipinski definition) is 1. The third kappa shape index (κ3) is 4.89. The zero-order valence-electron chi connectivity index (χ0n) is 19.4. The van der Waals surface area contributed by atoms with Gasteiger partial charge in [0.25, 0.3) is 0 Å².